The van der Waals surface area contributed by atoms with Gasteiger partial charge in [-0.2, -0.15) is 0 Å². The summed E-state index contributed by atoms with van der Waals surface area (Å²) in [5.41, 5.74) is 3.59. The molecule has 39 heavy (non-hydrogen) atoms. The molecule has 1 unspecified atom stereocenters. The van der Waals surface area contributed by atoms with Gasteiger partial charge in [-0.1, -0.05) is 60.0 Å². The predicted molar refractivity (Wildman–Crippen MR) is 149 cm³/mol. The quantitative estimate of drug-likeness (QED) is 0.342. The zero-order valence-corrected chi connectivity index (χ0v) is 22.5. The van der Waals surface area contributed by atoms with E-state index in [2.05, 4.69) is 15.6 Å². The summed E-state index contributed by atoms with van der Waals surface area (Å²) in [6.07, 6.45) is 3.96. The lowest BCUT2D eigenvalue weighted by Gasteiger charge is -2.33. The van der Waals surface area contributed by atoms with Gasteiger partial charge in [-0.3, -0.25) is 14.5 Å². The van der Waals surface area contributed by atoms with Crippen LogP contribution in [-0.2, 0) is 16.1 Å². The summed E-state index contributed by atoms with van der Waals surface area (Å²) in [4.78, 5) is 29.9. The number of carbonyl (C=O) groups is 2. The number of aryl methyl sites for hydroxylation is 1. The van der Waals surface area contributed by atoms with Crippen molar-refractivity contribution in [2.45, 2.75) is 51.2 Å². The molecule has 0 spiro atoms. The highest BCUT2D eigenvalue weighted by atomic mass is 16.5. The van der Waals surface area contributed by atoms with Crippen LogP contribution in [0.15, 0.2) is 66.7 Å². The van der Waals surface area contributed by atoms with Gasteiger partial charge in [-0.25, -0.2) is 4.68 Å². The van der Waals surface area contributed by atoms with E-state index >= 15 is 0 Å². The molecule has 202 valence electrons. The molecule has 1 saturated carbocycles. The van der Waals surface area contributed by atoms with Crippen LogP contribution >= 0.6 is 0 Å². The third-order valence-electron chi connectivity index (χ3n) is 7.22. The first-order valence-corrected chi connectivity index (χ1v) is 13.2. The van der Waals surface area contributed by atoms with Crippen molar-refractivity contribution in [3.8, 4) is 11.5 Å². The molecule has 1 aliphatic carbocycles. The number of benzene rings is 3. The van der Waals surface area contributed by atoms with Gasteiger partial charge in [0.05, 0.1) is 19.7 Å². The van der Waals surface area contributed by atoms with Crippen LogP contribution in [0.25, 0.3) is 11.0 Å². The van der Waals surface area contributed by atoms with Crippen LogP contribution in [0, 0.1) is 6.92 Å². The number of hydrogen-bond donors (Lipinski definition) is 1. The zero-order chi connectivity index (χ0) is 27.4. The first kappa shape index (κ1) is 26.2. The van der Waals surface area contributed by atoms with Gasteiger partial charge in [0, 0.05) is 17.3 Å². The first-order valence-electron chi connectivity index (χ1n) is 13.2. The molecule has 0 radical (unpaired) electrons. The van der Waals surface area contributed by atoms with Gasteiger partial charge in [0.25, 0.3) is 0 Å². The highest BCUT2D eigenvalue weighted by Crippen LogP contribution is 2.39. The summed E-state index contributed by atoms with van der Waals surface area (Å²) in [6.45, 7) is 1.88. The summed E-state index contributed by atoms with van der Waals surface area (Å²) in [7, 11) is 3.08. The lowest BCUT2D eigenvalue weighted by atomic mass is 10.00. The van der Waals surface area contributed by atoms with Crippen molar-refractivity contribution in [3.05, 3.63) is 77.9 Å². The fraction of sp³-hybridized carbons (Fsp3) is 0.333. The van der Waals surface area contributed by atoms with E-state index < -0.39 is 6.04 Å². The van der Waals surface area contributed by atoms with Crippen LogP contribution < -0.4 is 19.7 Å². The number of para-hydroxylation sites is 2. The van der Waals surface area contributed by atoms with E-state index in [1.807, 2.05) is 55.5 Å². The lowest BCUT2D eigenvalue weighted by Crippen LogP contribution is -2.47. The Labute approximate surface area is 227 Å². The minimum Gasteiger partial charge on any atom is -0.493 e. The average molecular weight is 528 g/mol. The topological polar surface area (TPSA) is 98.6 Å². The Bertz CT molecular complexity index is 1460. The number of methoxy groups -OCH3 is 2. The molecule has 3 aromatic carbocycles. The molecule has 5 rings (SSSR count). The third kappa shape index (κ3) is 5.43. The zero-order valence-electron chi connectivity index (χ0n) is 22.5. The number of rotatable bonds is 9. The van der Waals surface area contributed by atoms with Crippen LogP contribution in [0.2, 0.25) is 0 Å². The van der Waals surface area contributed by atoms with Gasteiger partial charge in [-0.05, 0) is 50.1 Å². The monoisotopic (exact) mass is 527 g/mol. The highest BCUT2D eigenvalue weighted by Gasteiger charge is 2.37. The molecule has 1 atom stereocenters. The van der Waals surface area contributed by atoms with Crippen molar-refractivity contribution in [2.24, 2.45) is 0 Å². The first-order chi connectivity index (χ1) is 19.0. The smallest absolute Gasteiger partial charge is 0.249 e. The van der Waals surface area contributed by atoms with E-state index in [0.29, 0.717) is 28.3 Å². The normalized spacial score (nSPS) is 14.2. The number of anilines is 1. The van der Waals surface area contributed by atoms with Gasteiger partial charge in [0.1, 0.15) is 18.1 Å². The molecule has 4 aromatic rings. The van der Waals surface area contributed by atoms with E-state index in [1.165, 1.54) is 12.0 Å². The largest absolute Gasteiger partial charge is 0.493 e. The maximum absolute atomic E-state index is 14.2. The van der Waals surface area contributed by atoms with Crippen molar-refractivity contribution < 1.29 is 19.1 Å². The van der Waals surface area contributed by atoms with Crippen LogP contribution in [0.1, 0.15) is 42.9 Å². The standard InChI is InChI=1S/C30H33N5O4/c1-20-15-17-22(18-16-20)35(27(36)19-34-25-13-7-6-12-24(25)32-33-34)28(30(37)31-21-9-4-5-10-21)23-11-8-14-26(38-2)29(23)39-3/h6-8,11-18,21,28H,4-5,9-10,19H2,1-3H3,(H,31,37). The summed E-state index contributed by atoms with van der Waals surface area (Å²) >= 11 is 0. The Morgan fingerprint density at radius 1 is 1.00 bits per heavy atom. The summed E-state index contributed by atoms with van der Waals surface area (Å²) < 4.78 is 12.9. The van der Waals surface area contributed by atoms with Crippen molar-refractivity contribution >= 4 is 28.5 Å². The highest BCUT2D eigenvalue weighted by molar-refractivity contribution is 6.02. The van der Waals surface area contributed by atoms with Gasteiger partial charge in [-0.15, -0.1) is 5.10 Å². The van der Waals surface area contributed by atoms with Crippen LogP contribution in [0.5, 0.6) is 11.5 Å². The second kappa shape index (κ2) is 11.6. The van der Waals surface area contributed by atoms with E-state index in [-0.39, 0.29) is 24.4 Å². The molecule has 0 aliphatic heterocycles. The van der Waals surface area contributed by atoms with Crippen molar-refractivity contribution in [2.75, 3.05) is 19.1 Å². The fourth-order valence-electron chi connectivity index (χ4n) is 5.26. The Morgan fingerprint density at radius 2 is 1.74 bits per heavy atom. The van der Waals surface area contributed by atoms with Crippen LogP contribution in [0.3, 0.4) is 0 Å². The lowest BCUT2D eigenvalue weighted by molar-refractivity contribution is -0.127. The van der Waals surface area contributed by atoms with Gasteiger partial charge in [0.15, 0.2) is 11.5 Å². The molecule has 2 amide bonds. The van der Waals surface area contributed by atoms with Crippen molar-refractivity contribution in [1.82, 2.24) is 20.3 Å². The third-order valence-corrected chi connectivity index (χ3v) is 7.22. The fourth-order valence-corrected chi connectivity index (χ4v) is 5.26. The Hall–Kier alpha value is -4.40. The molecule has 9 nitrogen and oxygen atoms in total. The molecular weight excluding hydrogens is 494 g/mol. The van der Waals surface area contributed by atoms with Gasteiger partial charge < -0.3 is 14.8 Å². The summed E-state index contributed by atoms with van der Waals surface area (Å²) in [5, 5.41) is 11.6. The number of nitrogens with one attached hydrogen (secondary N) is 1. The maximum Gasteiger partial charge on any atom is 0.249 e. The second-order valence-corrected chi connectivity index (χ2v) is 9.81. The summed E-state index contributed by atoms with van der Waals surface area (Å²) in [6, 6.07) is 19.5. The molecule has 1 aliphatic rings. The van der Waals surface area contributed by atoms with Gasteiger partial charge in [0.2, 0.25) is 11.8 Å². The molecule has 1 fully saturated rings. The SMILES string of the molecule is COc1cccc(C(C(=O)NC2CCCC2)N(C(=O)Cn2nnc3ccccc32)c2ccc(C)cc2)c1OC. The number of fused-ring (bicyclic) bond motifs is 1. The molecular formula is C30H33N5O4. The number of nitrogens with zero attached hydrogens (tertiary/aromatic N) is 4. The minimum atomic E-state index is -1.01. The van der Waals surface area contributed by atoms with E-state index in [4.69, 9.17) is 9.47 Å². The Morgan fingerprint density at radius 3 is 2.46 bits per heavy atom. The predicted octanol–water partition coefficient (Wildman–Crippen LogP) is 4.59. The molecule has 1 aromatic heterocycles. The average Bonchev–Trinajstić information content (AvgIpc) is 3.62. The van der Waals surface area contributed by atoms with Gasteiger partial charge >= 0.3 is 0 Å². The van der Waals surface area contributed by atoms with Crippen molar-refractivity contribution in [3.63, 3.8) is 0 Å². The second-order valence-electron chi connectivity index (χ2n) is 9.81. The molecule has 0 saturated heterocycles. The number of hydrogen-bond acceptors (Lipinski definition) is 6. The molecule has 1 N–H and O–H groups in total. The van der Waals surface area contributed by atoms with E-state index in [1.54, 1.807) is 30.0 Å². The molecule has 9 heteroatoms. The van der Waals surface area contributed by atoms with E-state index in [0.717, 1.165) is 36.8 Å². The number of aromatic nitrogens is 3. The van der Waals surface area contributed by atoms with Crippen LogP contribution in [-0.4, -0.2) is 47.1 Å². The molecule has 0 bridgehead atoms. The number of amides is 2. The molecule has 1 heterocycles. The summed E-state index contributed by atoms with van der Waals surface area (Å²) in [5.74, 6) is 0.298. The number of ether oxygens (including phenoxy) is 2. The Balaban J connectivity index is 1.63. The maximum atomic E-state index is 14.2. The van der Waals surface area contributed by atoms with Crippen LogP contribution in [0.4, 0.5) is 5.69 Å². The van der Waals surface area contributed by atoms with Crippen molar-refractivity contribution in [1.29, 1.82) is 0 Å². The number of carbonyl (C=O) groups excluding carboxylic acids is 2. The Kier molecular flexibility index (Phi) is 7.76. The minimum absolute atomic E-state index is 0.0610. The van der Waals surface area contributed by atoms with E-state index in [9.17, 15) is 9.59 Å².